The van der Waals surface area contributed by atoms with Crippen molar-refractivity contribution >= 4 is 23.3 Å². The molecule has 1 aromatic carbocycles. The molecule has 28 heavy (non-hydrogen) atoms. The molecule has 9 heteroatoms. The van der Waals surface area contributed by atoms with Crippen LogP contribution in [-0.4, -0.2) is 57.1 Å². The highest BCUT2D eigenvalue weighted by molar-refractivity contribution is 7.99. The van der Waals surface area contributed by atoms with Crippen molar-refractivity contribution in [1.82, 2.24) is 24.7 Å². The van der Waals surface area contributed by atoms with E-state index in [1.54, 1.807) is 36.8 Å². The second-order valence-corrected chi connectivity index (χ2v) is 7.56. The van der Waals surface area contributed by atoms with Crippen LogP contribution in [0.4, 0.5) is 0 Å². The topological polar surface area (TPSA) is 81.9 Å². The zero-order valence-corrected chi connectivity index (χ0v) is 16.6. The van der Waals surface area contributed by atoms with Gasteiger partial charge in [0.05, 0.1) is 14.2 Å². The van der Waals surface area contributed by atoms with Gasteiger partial charge < -0.3 is 14.4 Å². The number of benzene rings is 1. The minimum absolute atomic E-state index is 0.151. The third-order valence-corrected chi connectivity index (χ3v) is 5.70. The van der Waals surface area contributed by atoms with Gasteiger partial charge in [0.1, 0.15) is 11.4 Å². The summed E-state index contributed by atoms with van der Waals surface area (Å²) in [5.74, 6) is 2.25. The van der Waals surface area contributed by atoms with Crippen molar-refractivity contribution in [2.75, 3.05) is 26.5 Å². The summed E-state index contributed by atoms with van der Waals surface area (Å²) in [4.78, 5) is 14.6. The summed E-state index contributed by atoms with van der Waals surface area (Å²) in [6.45, 7) is 1.32. The average Bonchev–Trinajstić information content (AvgIpc) is 3.20. The first kappa shape index (κ1) is 18.5. The quantitative estimate of drug-likeness (QED) is 0.588. The molecule has 1 aliphatic rings. The number of thioether (sulfide) groups is 1. The zero-order chi connectivity index (χ0) is 19.5. The Bertz CT molecular complexity index is 1010. The number of amides is 1. The van der Waals surface area contributed by atoms with Gasteiger partial charge in [0.2, 0.25) is 5.91 Å². The van der Waals surface area contributed by atoms with Crippen molar-refractivity contribution in [1.29, 1.82) is 0 Å². The molecular formula is C19H21N5O3S. The largest absolute Gasteiger partial charge is 0.493 e. The molecule has 146 valence electrons. The first-order valence-electron chi connectivity index (χ1n) is 8.99. The van der Waals surface area contributed by atoms with Crippen LogP contribution in [0.2, 0.25) is 0 Å². The van der Waals surface area contributed by atoms with Crippen LogP contribution in [0.5, 0.6) is 11.5 Å². The van der Waals surface area contributed by atoms with E-state index in [9.17, 15) is 4.79 Å². The van der Waals surface area contributed by atoms with Crippen molar-refractivity contribution in [3.05, 3.63) is 41.7 Å². The number of rotatable bonds is 6. The van der Waals surface area contributed by atoms with Gasteiger partial charge in [0.15, 0.2) is 17.1 Å². The van der Waals surface area contributed by atoms with Gasteiger partial charge in [-0.1, -0.05) is 0 Å². The minimum Gasteiger partial charge on any atom is -0.493 e. The molecule has 1 amide bonds. The van der Waals surface area contributed by atoms with Gasteiger partial charge in [0.25, 0.3) is 0 Å². The number of methoxy groups -OCH3 is 2. The number of carbonyl (C=O) groups excluding carboxylic acids is 1. The molecule has 0 saturated heterocycles. The lowest BCUT2D eigenvalue weighted by molar-refractivity contribution is -0.131. The van der Waals surface area contributed by atoms with E-state index in [4.69, 9.17) is 9.47 Å². The minimum atomic E-state index is 0.151. The Labute approximate surface area is 166 Å². The zero-order valence-electron chi connectivity index (χ0n) is 15.8. The molecule has 0 saturated carbocycles. The third-order valence-electron chi connectivity index (χ3n) is 4.77. The van der Waals surface area contributed by atoms with Crippen LogP contribution in [0.1, 0.15) is 17.5 Å². The van der Waals surface area contributed by atoms with Crippen molar-refractivity contribution in [2.24, 2.45) is 0 Å². The van der Waals surface area contributed by atoms with Crippen molar-refractivity contribution < 1.29 is 14.3 Å². The lowest BCUT2D eigenvalue weighted by Gasteiger charge is -2.29. The third kappa shape index (κ3) is 3.75. The molecule has 0 unspecified atom stereocenters. The van der Waals surface area contributed by atoms with E-state index in [2.05, 4.69) is 15.3 Å². The number of aromatic nitrogens is 4. The summed E-state index contributed by atoms with van der Waals surface area (Å²) < 4.78 is 12.4. The highest BCUT2D eigenvalue weighted by atomic mass is 32.2. The smallest absolute Gasteiger partial charge is 0.223 e. The number of hydrogen-bond donors (Lipinski definition) is 0. The molecule has 0 radical (unpaired) electrons. The SMILES string of the molecule is COc1cc2c(cc1OC)CN(C(=O)CCSc1ccc3nncn3n1)CC2. The van der Waals surface area contributed by atoms with Crippen LogP contribution in [0, 0.1) is 0 Å². The molecule has 0 spiro atoms. The molecule has 0 aliphatic carbocycles. The Kier molecular flexibility index (Phi) is 5.34. The molecule has 0 N–H and O–H groups in total. The highest BCUT2D eigenvalue weighted by Crippen LogP contribution is 2.33. The normalized spacial score (nSPS) is 13.4. The Balaban J connectivity index is 1.35. The number of nitrogens with zero attached hydrogens (tertiary/aromatic N) is 5. The maximum absolute atomic E-state index is 12.7. The summed E-state index contributed by atoms with van der Waals surface area (Å²) in [5.41, 5.74) is 3.03. The van der Waals surface area contributed by atoms with Crippen LogP contribution in [0.3, 0.4) is 0 Å². The summed E-state index contributed by atoms with van der Waals surface area (Å²) >= 11 is 1.56. The van der Waals surface area contributed by atoms with Gasteiger partial charge in [-0.25, -0.2) is 0 Å². The first-order valence-corrected chi connectivity index (χ1v) is 9.98. The predicted octanol–water partition coefficient (Wildman–Crippen LogP) is 2.21. The van der Waals surface area contributed by atoms with E-state index < -0.39 is 0 Å². The van der Waals surface area contributed by atoms with Gasteiger partial charge in [-0.2, -0.15) is 9.61 Å². The van der Waals surface area contributed by atoms with Gasteiger partial charge in [0, 0.05) is 25.3 Å². The monoisotopic (exact) mass is 399 g/mol. The molecule has 0 atom stereocenters. The first-order chi connectivity index (χ1) is 13.7. The van der Waals surface area contributed by atoms with Crippen LogP contribution in [0.25, 0.3) is 5.65 Å². The molecule has 4 rings (SSSR count). The van der Waals surface area contributed by atoms with Gasteiger partial charge >= 0.3 is 0 Å². The van der Waals surface area contributed by atoms with E-state index >= 15 is 0 Å². The number of ether oxygens (including phenoxy) is 2. The lowest BCUT2D eigenvalue weighted by Crippen LogP contribution is -2.36. The molecule has 1 aliphatic heterocycles. The fourth-order valence-corrected chi connectivity index (χ4v) is 4.08. The van der Waals surface area contributed by atoms with Crippen molar-refractivity contribution in [2.45, 2.75) is 24.4 Å². The Morgan fingerprint density at radius 3 is 2.75 bits per heavy atom. The molecular weight excluding hydrogens is 378 g/mol. The van der Waals surface area contributed by atoms with E-state index in [1.165, 1.54) is 5.56 Å². The number of carbonyl (C=O) groups is 1. The predicted molar refractivity (Wildman–Crippen MR) is 105 cm³/mol. The lowest BCUT2D eigenvalue weighted by atomic mass is 9.98. The van der Waals surface area contributed by atoms with E-state index in [1.807, 2.05) is 29.2 Å². The van der Waals surface area contributed by atoms with Crippen molar-refractivity contribution in [3.63, 3.8) is 0 Å². The fourth-order valence-electron chi connectivity index (χ4n) is 3.29. The summed E-state index contributed by atoms with van der Waals surface area (Å²) in [6.07, 6.45) is 2.86. The summed E-state index contributed by atoms with van der Waals surface area (Å²) in [6, 6.07) is 7.75. The van der Waals surface area contributed by atoms with Crippen molar-refractivity contribution in [3.8, 4) is 11.5 Å². The molecule has 2 aromatic heterocycles. The Morgan fingerprint density at radius 1 is 1.18 bits per heavy atom. The Hall–Kier alpha value is -2.81. The Morgan fingerprint density at radius 2 is 1.96 bits per heavy atom. The summed E-state index contributed by atoms with van der Waals surface area (Å²) in [7, 11) is 3.26. The fraction of sp³-hybridized carbons (Fsp3) is 0.368. The second-order valence-electron chi connectivity index (χ2n) is 6.44. The molecule has 0 bridgehead atoms. The number of fused-ring (bicyclic) bond motifs is 2. The van der Waals surface area contributed by atoms with Crippen LogP contribution in [-0.2, 0) is 17.8 Å². The van der Waals surface area contributed by atoms with Gasteiger partial charge in [-0.05, 0) is 41.8 Å². The molecule has 8 nitrogen and oxygen atoms in total. The van der Waals surface area contributed by atoms with Crippen LogP contribution < -0.4 is 9.47 Å². The standard InChI is InChI=1S/C19H21N5O3S/c1-26-15-9-13-5-7-23(11-14(13)10-16(15)27-2)19(25)6-8-28-18-4-3-17-21-20-12-24(17)22-18/h3-4,9-10,12H,5-8,11H2,1-2H3. The van der Waals surface area contributed by atoms with E-state index in [0.717, 1.165) is 29.3 Å². The molecule has 0 fully saturated rings. The van der Waals surface area contributed by atoms with Crippen LogP contribution in [0.15, 0.2) is 35.6 Å². The second kappa shape index (κ2) is 8.05. The molecule has 3 aromatic rings. The highest BCUT2D eigenvalue weighted by Gasteiger charge is 2.22. The van der Waals surface area contributed by atoms with Crippen LogP contribution >= 0.6 is 11.8 Å². The van der Waals surface area contributed by atoms with Gasteiger partial charge in [-0.15, -0.1) is 22.0 Å². The maximum Gasteiger partial charge on any atom is 0.223 e. The average molecular weight is 399 g/mol. The molecule has 3 heterocycles. The van der Waals surface area contributed by atoms with Gasteiger partial charge in [-0.3, -0.25) is 4.79 Å². The van der Waals surface area contributed by atoms with E-state index in [0.29, 0.717) is 30.1 Å². The van der Waals surface area contributed by atoms with E-state index in [-0.39, 0.29) is 5.91 Å². The number of hydrogen-bond acceptors (Lipinski definition) is 7. The summed E-state index contributed by atoms with van der Waals surface area (Å²) in [5, 5.41) is 13.0. The maximum atomic E-state index is 12.7.